The number of nitrogens with zero attached hydrogens (tertiary/aromatic N) is 3. The van der Waals surface area contributed by atoms with Crippen molar-refractivity contribution in [2.24, 2.45) is 5.73 Å². The number of benzene rings is 1. The standard InChI is InChI=1S/C18H17ClFN5O/c1-9-12(20)4-3-5-14(9)25-17(21)15(18(22)26)16(24-25)10(2)13-7-6-11(19)8-23-13/h3-8,10H,21H2,1-2H3,(H2,22,26). The Morgan fingerprint density at radius 1 is 1.31 bits per heavy atom. The van der Waals surface area contributed by atoms with Crippen molar-refractivity contribution < 1.29 is 9.18 Å². The zero-order valence-corrected chi connectivity index (χ0v) is 15.0. The van der Waals surface area contributed by atoms with Crippen LogP contribution in [0.15, 0.2) is 36.5 Å². The fourth-order valence-corrected chi connectivity index (χ4v) is 2.91. The molecule has 3 aromatic rings. The van der Waals surface area contributed by atoms with E-state index >= 15 is 0 Å². The van der Waals surface area contributed by atoms with Crippen LogP contribution in [-0.4, -0.2) is 20.7 Å². The SMILES string of the molecule is Cc1c(F)cccc1-n1nc(C(C)c2ccc(Cl)cn2)c(C(N)=O)c1N. The molecule has 1 atom stereocenters. The van der Waals surface area contributed by atoms with Crippen molar-refractivity contribution in [3.05, 3.63) is 69.9 Å². The second kappa shape index (κ2) is 6.76. The van der Waals surface area contributed by atoms with E-state index in [-0.39, 0.29) is 17.3 Å². The Morgan fingerprint density at radius 2 is 2.04 bits per heavy atom. The van der Waals surface area contributed by atoms with Gasteiger partial charge in [0.1, 0.15) is 17.2 Å². The van der Waals surface area contributed by atoms with Gasteiger partial charge in [-0.15, -0.1) is 0 Å². The van der Waals surface area contributed by atoms with Crippen LogP contribution in [0.4, 0.5) is 10.2 Å². The molecule has 6 nitrogen and oxygen atoms in total. The lowest BCUT2D eigenvalue weighted by Gasteiger charge is -2.10. The van der Waals surface area contributed by atoms with Gasteiger partial charge in [-0.25, -0.2) is 9.07 Å². The van der Waals surface area contributed by atoms with Crippen LogP contribution in [0, 0.1) is 12.7 Å². The second-order valence-corrected chi connectivity index (χ2v) is 6.36. The molecule has 0 radical (unpaired) electrons. The first-order chi connectivity index (χ1) is 12.3. The van der Waals surface area contributed by atoms with Crippen LogP contribution in [0.3, 0.4) is 0 Å². The molecule has 0 aliphatic carbocycles. The Morgan fingerprint density at radius 3 is 2.65 bits per heavy atom. The lowest BCUT2D eigenvalue weighted by atomic mass is 9.99. The van der Waals surface area contributed by atoms with Gasteiger partial charge < -0.3 is 11.5 Å². The minimum Gasteiger partial charge on any atom is -0.383 e. The summed E-state index contributed by atoms with van der Waals surface area (Å²) < 4.78 is 15.3. The normalized spacial score (nSPS) is 12.2. The van der Waals surface area contributed by atoms with E-state index in [2.05, 4.69) is 10.1 Å². The van der Waals surface area contributed by atoms with E-state index in [1.807, 2.05) is 6.92 Å². The molecule has 1 unspecified atom stereocenters. The molecule has 0 fully saturated rings. The Kier molecular flexibility index (Phi) is 4.65. The van der Waals surface area contributed by atoms with Gasteiger partial charge in [0.15, 0.2) is 0 Å². The minimum absolute atomic E-state index is 0.0574. The predicted molar refractivity (Wildman–Crippen MR) is 98.0 cm³/mol. The zero-order valence-electron chi connectivity index (χ0n) is 14.2. The van der Waals surface area contributed by atoms with E-state index in [1.54, 1.807) is 31.2 Å². The second-order valence-electron chi connectivity index (χ2n) is 5.93. The van der Waals surface area contributed by atoms with Crippen molar-refractivity contribution in [3.63, 3.8) is 0 Å². The Balaban J connectivity index is 2.18. The molecule has 0 aliphatic heterocycles. The van der Waals surface area contributed by atoms with Gasteiger partial charge in [-0.05, 0) is 31.2 Å². The summed E-state index contributed by atoms with van der Waals surface area (Å²) in [6.45, 7) is 3.44. The summed E-state index contributed by atoms with van der Waals surface area (Å²) in [5.74, 6) is -1.42. The molecular weight excluding hydrogens is 357 g/mol. The number of amides is 1. The Hall–Kier alpha value is -2.93. The maximum absolute atomic E-state index is 13.9. The van der Waals surface area contributed by atoms with E-state index in [1.165, 1.54) is 16.9 Å². The predicted octanol–water partition coefficient (Wildman–Crippen LogP) is 3.20. The van der Waals surface area contributed by atoms with Crippen LogP contribution in [0.5, 0.6) is 0 Å². The molecule has 1 aromatic carbocycles. The van der Waals surface area contributed by atoms with Crippen LogP contribution in [0.1, 0.15) is 40.2 Å². The molecule has 134 valence electrons. The van der Waals surface area contributed by atoms with Gasteiger partial charge in [-0.1, -0.05) is 24.6 Å². The highest BCUT2D eigenvalue weighted by molar-refractivity contribution is 6.30. The summed E-state index contributed by atoms with van der Waals surface area (Å²) >= 11 is 5.87. The van der Waals surface area contributed by atoms with E-state index in [0.717, 1.165) is 0 Å². The topological polar surface area (TPSA) is 99.8 Å². The van der Waals surface area contributed by atoms with Crippen LogP contribution in [0.25, 0.3) is 5.69 Å². The van der Waals surface area contributed by atoms with Gasteiger partial charge in [0, 0.05) is 23.4 Å². The maximum Gasteiger partial charge on any atom is 0.254 e. The molecule has 0 spiro atoms. The number of halogens is 2. The molecule has 1 amide bonds. The lowest BCUT2D eigenvalue weighted by Crippen LogP contribution is -2.16. The third kappa shape index (κ3) is 3.01. The third-order valence-corrected chi connectivity index (χ3v) is 4.49. The van der Waals surface area contributed by atoms with Gasteiger partial charge in [-0.2, -0.15) is 5.10 Å². The van der Waals surface area contributed by atoms with Crippen LogP contribution < -0.4 is 11.5 Å². The van der Waals surface area contributed by atoms with E-state index < -0.39 is 11.7 Å². The first kappa shape index (κ1) is 17.9. The van der Waals surface area contributed by atoms with Crippen molar-refractivity contribution in [2.45, 2.75) is 19.8 Å². The van der Waals surface area contributed by atoms with Crippen LogP contribution in [0.2, 0.25) is 5.02 Å². The molecule has 0 aliphatic rings. The molecule has 8 heteroatoms. The fraction of sp³-hybridized carbons (Fsp3) is 0.167. The summed E-state index contributed by atoms with van der Waals surface area (Å²) in [6, 6.07) is 7.99. The van der Waals surface area contributed by atoms with Crippen LogP contribution in [-0.2, 0) is 0 Å². The smallest absolute Gasteiger partial charge is 0.254 e. The van der Waals surface area contributed by atoms with Gasteiger partial charge in [-0.3, -0.25) is 9.78 Å². The maximum atomic E-state index is 13.9. The zero-order chi connectivity index (χ0) is 19.0. The fourth-order valence-electron chi connectivity index (χ4n) is 2.80. The summed E-state index contributed by atoms with van der Waals surface area (Å²) in [7, 11) is 0. The number of hydrogen-bond donors (Lipinski definition) is 2. The van der Waals surface area contributed by atoms with Gasteiger partial charge in [0.2, 0.25) is 0 Å². The average molecular weight is 374 g/mol. The molecule has 2 heterocycles. The monoisotopic (exact) mass is 373 g/mol. The molecule has 0 saturated carbocycles. The molecule has 4 N–H and O–H groups in total. The number of carbonyl (C=O) groups is 1. The number of anilines is 1. The number of primary amides is 1. The molecule has 0 bridgehead atoms. The van der Waals surface area contributed by atoms with Crippen LogP contribution >= 0.6 is 11.6 Å². The highest BCUT2D eigenvalue weighted by Crippen LogP contribution is 2.31. The Labute approximate surface area is 154 Å². The number of carbonyl (C=O) groups excluding carboxylic acids is 1. The molecular formula is C18H17ClFN5O. The number of nitrogens with two attached hydrogens (primary N) is 2. The Bertz CT molecular complexity index is 984. The van der Waals surface area contributed by atoms with Crippen molar-refractivity contribution in [1.82, 2.24) is 14.8 Å². The molecule has 26 heavy (non-hydrogen) atoms. The molecule has 2 aromatic heterocycles. The van der Waals surface area contributed by atoms with Gasteiger partial charge in [0.25, 0.3) is 5.91 Å². The lowest BCUT2D eigenvalue weighted by molar-refractivity contribution is 0.1000. The highest BCUT2D eigenvalue weighted by atomic mass is 35.5. The summed E-state index contributed by atoms with van der Waals surface area (Å²) in [5, 5.41) is 4.95. The van der Waals surface area contributed by atoms with Crippen molar-refractivity contribution in [1.29, 1.82) is 0 Å². The van der Waals surface area contributed by atoms with Crippen molar-refractivity contribution in [3.8, 4) is 5.69 Å². The van der Waals surface area contributed by atoms with Gasteiger partial charge >= 0.3 is 0 Å². The first-order valence-electron chi connectivity index (χ1n) is 7.86. The third-order valence-electron chi connectivity index (χ3n) is 4.27. The minimum atomic E-state index is -0.710. The summed E-state index contributed by atoms with van der Waals surface area (Å²) in [6.07, 6.45) is 1.51. The molecule has 3 rings (SSSR count). The van der Waals surface area contributed by atoms with Crippen molar-refractivity contribution >= 4 is 23.3 Å². The molecule has 0 saturated heterocycles. The number of rotatable bonds is 4. The van der Waals surface area contributed by atoms with E-state index in [0.29, 0.717) is 27.7 Å². The largest absolute Gasteiger partial charge is 0.383 e. The van der Waals surface area contributed by atoms with Gasteiger partial charge in [0.05, 0.1) is 16.4 Å². The number of nitrogen functional groups attached to an aromatic ring is 1. The number of pyridine rings is 1. The average Bonchev–Trinajstić information content (AvgIpc) is 2.95. The van der Waals surface area contributed by atoms with E-state index in [9.17, 15) is 9.18 Å². The first-order valence-corrected chi connectivity index (χ1v) is 8.24. The highest BCUT2D eigenvalue weighted by Gasteiger charge is 2.27. The quantitative estimate of drug-likeness (QED) is 0.733. The number of aromatic nitrogens is 3. The van der Waals surface area contributed by atoms with Crippen molar-refractivity contribution in [2.75, 3.05) is 5.73 Å². The number of hydrogen-bond acceptors (Lipinski definition) is 4. The van der Waals surface area contributed by atoms with E-state index in [4.69, 9.17) is 23.1 Å². The summed E-state index contributed by atoms with van der Waals surface area (Å²) in [4.78, 5) is 16.3. The summed E-state index contributed by atoms with van der Waals surface area (Å²) in [5.41, 5.74) is 13.6.